The van der Waals surface area contributed by atoms with Gasteiger partial charge in [0.05, 0.1) is 0 Å². The van der Waals surface area contributed by atoms with Crippen molar-refractivity contribution in [3.8, 4) is 0 Å². The van der Waals surface area contributed by atoms with Crippen LogP contribution in [-0.4, -0.2) is 29.3 Å². The molecule has 0 unspecified atom stereocenters. The second-order valence-corrected chi connectivity index (χ2v) is 4.74. The van der Waals surface area contributed by atoms with Crippen molar-refractivity contribution in [2.24, 2.45) is 0 Å². The predicted molar refractivity (Wildman–Crippen MR) is 66.1 cm³/mol. The third kappa shape index (κ3) is 3.42. The molecule has 1 aromatic heterocycles. The van der Waals surface area contributed by atoms with E-state index in [2.05, 4.69) is 20.9 Å². The molecule has 1 rings (SSSR count). The summed E-state index contributed by atoms with van der Waals surface area (Å²) in [5, 5.41) is 8.81. The molecule has 0 aliphatic heterocycles. The molecule has 0 aliphatic rings. The first-order valence-corrected chi connectivity index (χ1v) is 6.04. The van der Waals surface area contributed by atoms with E-state index < -0.39 is 0 Å². The fourth-order valence-corrected chi connectivity index (χ4v) is 1.77. The normalized spacial score (nSPS) is 10.9. The number of nitrogens with zero attached hydrogens (tertiary/aromatic N) is 2. The summed E-state index contributed by atoms with van der Waals surface area (Å²) < 4.78 is 14.3. The molecule has 0 fully saturated rings. The Morgan fingerprint density at radius 3 is 2.75 bits per heavy atom. The lowest BCUT2D eigenvalue weighted by atomic mass is 10.2. The highest BCUT2D eigenvalue weighted by atomic mass is 79.9. The van der Waals surface area contributed by atoms with Gasteiger partial charge in [-0.25, -0.2) is 9.37 Å². The lowest BCUT2D eigenvalue weighted by Gasteiger charge is -2.27. The maximum Gasteiger partial charge on any atom is 0.166 e. The summed E-state index contributed by atoms with van der Waals surface area (Å²) in [5.41, 5.74) is 0. The molecule has 0 radical (unpaired) electrons. The summed E-state index contributed by atoms with van der Waals surface area (Å²) >= 11 is 3.17. The predicted octanol–water partition coefficient (Wildman–Crippen LogP) is 2.58. The third-order valence-corrected chi connectivity index (χ3v) is 2.67. The summed E-state index contributed by atoms with van der Waals surface area (Å²) in [6, 6.07) is 1.55. The van der Waals surface area contributed by atoms with Crippen LogP contribution in [0.4, 0.5) is 10.2 Å². The van der Waals surface area contributed by atoms with Gasteiger partial charge in [0.2, 0.25) is 0 Å². The maximum absolute atomic E-state index is 13.7. The van der Waals surface area contributed by atoms with Gasteiger partial charge >= 0.3 is 0 Å². The van der Waals surface area contributed by atoms with Crippen LogP contribution in [-0.2, 0) is 0 Å². The average molecular weight is 291 g/mol. The van der Waals surface area contributed by atoms with E-state index in [0.29, 0.717) is 23.3 Å². The van der Waals surface area contributed by atoms with Gasteiger partial charge in [-0.15, -0.1) is 0 Å². The molecule has 0 atom stereocenters. The van der Waals surface area contributed by atoms with Gasteiger partial charge in [0, 0.05) is 29.9 Å². The highest BCUT2D eigenvalue weighted by Gasteiger charge is 2.15. The number of halogens is 2. The fourth-order valence-electron chi connectivity index (χ4n) is 1.47. The van der Waals surface area contributed by atoms with E-state index in [0.717, 1.165) is 0 Å². The number of aliphatic hydroxyl groups is 1. The molecule has 0 aromatic carbocycles. The Bertz CT molecular complexity index is 347. The monoisotopic (exact) mass is 290 g/mol. The summed E-state index contributed by atoms with van der Waals surface area (Å²) in [7, 11) is 0. The molecular weight excluding hydrogens is 275 g/mol. The van der Waals surface area contributed by atoms with Gasteiger partial charge in [-0.1, -0.05) is 0 Å². The van der Waals surface area contributed by atoms with Crippen LogP contribution in [0.15, 0.2) is 16.7 Å². The smallest absolute Gasteiger partial charge is 0.166 e. The Hall–Kier alpha value is -0.680. The zero-order valence-corrected chi connectivity index (χ0v) is 11.0. The lowest BCUT2D eigenvalue weighted by Crippen LogP contribution is -2.33. The summed E-state index contributed by atoms with van der Waals surface area (Å²) in [6.45, 7) is 4.64. The van der Waals surface area contributed by atoms with Crippen molar-refractivity contribution in [1.82, 2.24) is 4.98 Å². The molecule has 1 heterocycles. The number of pyridine rings is 1. The van der Waals surface area contributed by atoms with Gasteiger partial charge in [-0.05, 0) is 42.3 Å². The fraction of sp³-hybridized carbons (Fsp3) is 0.545. The number of aliphatic hydroxyl groups excluding tert-OH is 1. The number of anilines is 1. The van der Waals surface area contributed by atoms with Crippen LogP contribution in [0.5, 0.6) is 0 Å². The summed E-state index contributed by atoms with van der Waals surface area (Å²) in [6.07, 6.45) is 2.18. The maximum atomic E-state index is 13.7. The standard InChI is InChI=1S/C11H16BrFN2O/c1-8(2)15(4-3-5-16)11-10(13)6-9(12)7-14-11/h6-8,16H,3-5H2,1-2H3. The topological polar surface area (TPSA) is 36.4 Å². The Kier molecular flexibility index (Phi) is 5.15. The highest BCUT2D eigenvalue weighted by Crippen LogP contribution is 2.21. The van der Waals surface area contributed by atoms with Gasteiger partial charge in [0.15, 0.2) is 11.6 Å². The van der Waals surface area contributed by atoms with E-state index >= 15 is 0 Å². The molecule has 5 heteroatoms. The minimum atomic E-state index is -0.346. The molecular formula is C11H16BrFN2O. The Balaban J connectivity index is 2.92. The molecule has 0 bridgehead atoms. The molecule has 1 N–H and O–H groups in total. The highest BCUT2D eigenvalue weighted by molar-refractivity contribution is 9.10. The molecule has 0 saturated carbocycles. The first-order chi connectivity index (χ1) is 7.56. The molecule has 90 valence electrons. The van der Waals surface area contributed by atoms with Crippen molar-refractivity contribution in [2.75, 3.05) is 18.1 Å². The van der Waals surface area contributed by atoms with E-state index in [1.807, 2.05) is 18.7 Å². The zero-order valence-electron chi connectivity index (χ0n) is 9.45. The number of hydrogen-bond donors (Lipinski definition) is 1. The largest absolute Gasteiger partial charge is 0.396 e. The number of rotatable bonds is 5. The minimum absolute atomic E-state index is 0.0986. The van der Waals surface area contributed by atoms with Crippen molar-refractivity contribution >= 4 is 21.7 Å². The van der Waals surface area contributed by atoms with E-state index in [9.17, 15) is 4.39 Å². The molecule has 0 saturated heterocycles. The third-order valence-electron chi connectivity index (χ3n) is 2.24. The van der Waals surface area contributed by atoms with Crippen molar-refractivity contribution in [3.05, 3.63) is 22.6 Å². The Morgan fingerprint density at radius 1 is 1.56 bits per heavy atom. The number of hydrogen-bond acceptors (Lipinski definition) is 3. The molecule has 16 heavy (non-hydrogen) atoms. The van der Waals surface area contributed by atoms with Crippen molar-refractivity contribution in [2.45, 2.75) is 26.3 Å². The van der Waals surface area contributed by atoms with Crippen LogP contribution in [0.3, 0.4) is 0 Å². The zero-order chi connectivity index (χ0) is 12.1. The van der Waals surface area contributed by atoms with Gasteiger partial charge in [0.25, 0.3) is 0 Å². The van der Waals surface area contributed by atoms with Gasteiger partial charge in [-0.3, -0.25) is 0 Å². The van der Waals surface area contributed by atoms with E-state index in [-0.39, 0.29) is 18.5 Å². The van der Waals surface area contributed by atoms with Crippen LogP contribution < -0.4 is 4.90 Å². The van der Waals surface area contributed by atoms with Crippen molar-refractivity contribution in [1.29, 1.82) is 0 Å². The lowest BCUT2D eigenvalue weighted by molar-refractivity contribution is 0.288. The van der Waals surface area contributed by atoms with E-state index in [1.54, 1.807) is 6.20 Å². The molecule has 0 amide bonds. The van der Waals surface area contributed by atoms with Crippen LogP contribution in [0, 0.1) is 5.82 Å². The average Bonchev–Trinajstić information content (AvgIpc) is 2.20. The van der Waals surface area contributed by atoms with E-state index in [1.165, 1.54) is 6.07 Å². The van der Waals surface area contributed by atoms with E-state index in [4.69, 9.17) is 5.11 Å². The Morgan fingerprint density at radius 2 is 2.25 bits per heavy atom. The van der Waals surface area contributed by atoms with Gasteiger partial charge in [-0.2, -0.15) is 0 Å². The van der Waals surface area contributed by atoms with Crippen LogP contribution in [0.1, 0.15) is 20.3 Å². The van der Waals surface area contributed by atoms with Crippen molar-refractivity contribution < 1.29 is 9.50 Å². The van der Waals surface area contributed by atoms with Crippen molar-refractivity contribution in [3.63, 3.8) is 0 Å². The van der Waals surface area contributed by atoms with Crippen LogP contribution in [0.25, 0.3) is 0 Å². The molecule has 0 spiro atoms. The minimum Gasteiger partial charge on any atom is -0.396 e. The molecule has 0 aliphatic carbocycles. The van der Waals surface area contributed by atoms with Crippen LogP contribution >= 0.6 is 15.9 Å². The number of aromatic nitrogens is 1. The van der Waals surface area contributed by atoms with Gasteiger partial charge in [0.1, 0.15) is 0 Å². The quantitative estimate of drug-likeness (QED) is 0.906. The Labute approximate surface area is 103 Å². The second kappa shape index (κ2) is 6.15. The van der Waals surface area contributed by atoms with Crippen LogP contribution in [0.2, 0.25) is 0 Å². The first-order valence-electron chi connectivity index (χ1n) is 5.24. The van der Waals surface area contributed by atoms with Gasteiger partial charge < -0.3 is 10.0 Å². The summed E-state index contributed by atoms with van der Waals surface area (Å²) in [4.78, 5) is 5.92. The molecule has 3 nitrogen and oxygen atoms in total. The molecule has 1 aromatic rings. The first kappa shape index (κ1) is 13.4. The summed E-state index contributed by atoms with van der Waals surface area (Å²) in [5.74, 6) is -0.00679. The second-order valence-electron chi connectivity index (χ2n) is 3.82. The SMILES string of the molecule is CC(C)N(CCCO)c1ncc(Br)cc1F.